The Morgan fingerprint density at radius 2 is 1.94 bits per heavy atom. The van der Waals surface area contributed by atoms with E-state index in [1.807, 2.05) is 0 Å². The van der Waals surface area contributed by atoms with Gasteiger partial charge in [0.1, 0.15) is 0 Å². The molecule has 0 spiro atoms. The number of alkyl halides is 1. The monoisotopic (exact) mass is 259 g/mol. The molecule has 17 heavy (non-hydrogen) atoms. The summed E-state index contributed by atoms with van der Waals surface area (Å²) in [7, 11) is 0. The second-order valence-corrected chi connectivity index (χ2v) is 5.53. The molecule has 0 heterocycles. The van der Waals surface area contributed by atoms with Crippen molar-refractivity contribution in [1.82, 2.24) is 5.32 Å². The highest BCUT2D eigenvalue weighted by atomic mass is 35.5. The molecule has 1 saturated carbocycles. The minimum Gasteiger partial charge on any atom is -0.356 e. The van der Waals surface area contributed by atoms with Gasteiger partial charge in [0.15, 0.2) is 0 Å². The van der Waals surface area contributed by atoms with Crippen LogP contribution in [0, 0.1) is 11.8 Å². The second-order valence-electron chi connectivity index (χ2n) is 5.22. The van der Waals surface area contributed by atoms with E-state index >= 15 is 0 Å². The van der Waals surface area contributed by atoms with E-state index in [4.69, 9.17) is 11.6 Å². The van der Waals surface area contributed by atoms with Crippen LogP contribution in [0.4, 0.5) is 0 Å². The zero-order valence-corrected chi connectivity index (χ0v) is 11.8. The summed E-state index contributed by atoms with van der Waals surface area (Å²) in [5.74, 6) is 2.19. The number of hydrogen-bond acceptors (Lipinski definition) is 1. The molecule has 1 fully saturated rings. The summed E-state index contributed by atoms with van der Waals surface area (Å²) in [5, 5.41) is 3.08. The third-order valence-electron chi connectivity index (χ3n) is 3.83. The van der Waals surface area contributed by atoms with E-state index in [9.17, 15) is 4.79 Å². The Morgan fingerprint density at radius 1 is 1.24 bits per heavy atom. The molecule has 0 saturated heterocycles. The number of rotatable bonds is 7. The summed E-state index contributed by atoms with van der Waals surface area (Å²) in [5.41, 5.74) is 0. The highest BCUT2D eigenvalue weighted by molar-refractivity contribution is 6.18. The van der Waals surface area contributed by atoms with Gasteiger partial charge in [0.05, 0.1) is 0 Å². The van der Waals surface area contributed by atoms with Crippen LogP contribution in [0.1, 0.15) is 58.3 Å². The van der Waals surface area contributed by atoms with Crippen LogP contribution in [0.5, 0.6) is 0 Å². The van der Waals surface area contributed by atoms with Crippen molar-refractivity contribution in [2.75, 3.05) is 12.4 Å². The largest absolute Gasteiger partial charge is 0.356 e. The Morgan fingerprint density at radius 3 is 2.59 bits per heavy atom. The number of nitrogens with one attached hydrogen (secondary N) is 1. The lowest BCUT2D eigenvalue weighted by molar-refractivity contribution is -0.121. The fraction of sp³-hybridized carbons (Fsp3) is 0.929. The molecular weight excluding hydrogens is 234 g/mol. The van der Waals surface area contributed by atoms with Crippen LogP contribution >= 0.6 is 11.6 Å². The average molecular weight is 260 g/mol. The van der Waals surface area contributed by atoms with E-state index in [0.29, 0.717) is 18.3 Å². The normalized spacial score (nSPS) is 24.6. The van der Waals surface area contributed by atoms with Crippen molar-refractivity contribution >= 4 is 17.5 Å². The molecule has 1 rings (SSSR count). The highest BCUT2D eigenvalue weighted by Crippen LogP contribution is 2.30. The van der Waals surface area contributed by atoms with Crippen LogP contribution in [-0.2, 0) is 4.79 Å². The average Bonchev–Trinajstić information content (AvgIpc) is 2.37. The van der Waals surface area contributed by atoms with Gasteiger partial charge in [-0.3, -0.25) is 4.79 Å². The van der Waals surface area contributed by atoms with Crippen LogP contribution in [0.15, 0.2) is 0 Å². The Labute approximate surface area is 110 Å². The van der Waals surface area contributed by atoms with Crippen LogP contribution in [0.25, 0.3) is 0 Å². The number of unbranched alkanes of at least 4 members (excludes halogenated alkanes) is 2. The summed E-state index contributed by atoms with van der Waals surface area (Å²) in [4.78, 5) is 11.6. The van der Waals surface area contributed by atoms with Gasteiger partial charge in [-0.05, 0) is 31.1 Å². The lowest BCUT2D eigenvalue weighted by Crippen LogP contribution is -2.34. The Balaban J connectivity index is 2.17. The molecular formula is C14H26ClNO. The van der Waals surface area contributed by atoms with Gasteiger partial charge >= 0.3 is 0 Å². The minimum atomic E-state index is 0.220. The van der Waals surface area contributed by atoms with E-state index in [1.54, 1.807) is 0 Å². The molecule has 0 aromatic carbocycles. The van der Waals surface area contributed by atoms with Gasteiger partial charge in [-0.2, -0.15) is 0 Å². The predicted octanol–water partition coefficient (Wildman–Crippen LogP) is 3.73. The summed E-state index contributed by atoms with van der Waals surface area (Å²) < 4.78 is 0. The van der Waals surface area contributed by atoms with Crippen molar-refractivity contribution in [2.45, 2.75) is 58.3 Å². The number of hydrogen-bond donors (Lipinski definition) is 1. The highest BCUT2D eigenvalue weighted by Gasteiger charge is 2.24. The molecule has 1 amide bonds. The van der Waals surface area contributed by atoms with E-state index in [-0.39, 0.29) is 5.91 Å². The van der Waals surface area contributed by atoms with E-state index in [0.717, 1.165) is 25.3 Å². The summed E-state index contributed by atoms with van der Waals surface area (Å²) in [6.07, 6.45) is 9.10. The fourth-order valence-corrected chi connectivity index (χ4v) is 3.03. The van der Waals surface area contributed by atoms with E-state index in [1.165, 1.54) is 32.1 Å². The Hall–Kier alpha value is -0.240. The molecule has 1 aliphatic rings. The van der Waals surface area contributed by atoms with Crippen molar-refractivity contribution in [1.29, 1.82) is 0 Å². The van der Waals surface area contributed by atoms with Crippen LogP contribution in [-0.4, -0.2) is 18.3 Å². The van der Waals surface area contributed by atoms with E-state index in [2.05, 4.69) is 12.2 Å². The molecule has 0 bridgehead atoms. The lowest BCUT2D eigenvalue weighted by atomic mass is 9.80. The Kier molecular flexibility index (Phi) is 7.67. The van der Waals surface area contributed by atoms with Gasteiger partial charge in [0.25, 0.3) is 0 Å². The first-order valence-corrected chi connectivity index (χ1v) is 7.64. The summed E-state index contributed by atoms with van der Waals surface area (Å²) in [6, 6.07) is 0. The SMILES string of the molecule is CCCCCC(=O)NCC1CCCCC1CCl. The molecule has 3 heteroatoms. The number of amides is 1. The first-order chi connectivity index (χ1) is 8.27. The zero-order chi connectivity index (χ0) is 12.5. The van der Waals surface area contributed by atoms with Crippen LogP contribution in [0.3, 0.4) is 0 Å². The number of halogens is 1. The fourth-order valence-electron chi connectivity index (χ4n) is 2.63. The predicted molar refractivity (Wildman–Crippen MR) is 73.3 cm³/mol. The topological polar surface area (TPSA) is 29.1 Å². The third-order valence-corrected chi connectivity index (χ3v) is 4.23. The second kappa shape index (κ2) is 8.79. The number of carbonyl (C=O) groups excluding carboxylic acids is 1. The molecule has 1 aliphatic carbocycles. The molecule has 2 atom stereocenters. The summed E-state index contributed by atoms with van der Waals surface area (Å²) in [6.45, 7) is 2.99. The minimum absolute atomic E-state index is 0.220. The van der Waals surface area contributed by atoms with Crippen LogP contribution in [0.2, 0.25) is 0 Å². The Bertz CT molecular complexity index is 220. The molecule has 0 aromatic rings. The van der Waals surface area contributed by atoms with Gasteiger partial charge in [-0.15, -0.1) is 11.6 Å². The van der Waals surface area contributed by atoms with Gasteiger partial charge in [-0.1, -0.05) is 32.6 Å². The van der Waals surface area contributed by atoms with Crippen molar-refractivity contribution in [2.24, 2.45) is 11.8 Å². The van der Waals surface area contributed by atoms with Gasteiger partial charge in [-0.25, -0.2) is 0 Å². The van der Waals surface area contributed by atoms with Gasteiger partial charge in [0, 0.05) is 18.8 Å². The third kappa shape index (κ3) is 5.76. The van der Waals surface area contributed by atoms with Crippen LogP contribution < -0.4 is 5.32 Å². The molecule has 0 radical (unpaired) electrons. The molecule has 2 unspecified atom stereocenters. The van der Waals surface area contributed by atoms with Crippen molar-refractivity contribution in [3.63, 3.8) is 0 Å². The maximum absolute atomic E-state index is 11.6. The lowest BCUT2D eigenvalue weighted by Gasteiger charge is -2.30. The zero-order valence-electron chi connectivity index (χ0n) is 11.0. The molecule has 100 valence electrons. The van der Waals surface area contributed by atoms with Crippen molar-refractivity contribution in [3.8, 4) is 0 Å². The first-order valence-electron chi connectivity index (χ1n) is 7.10. The maximum atomic E-state index is 11.6. The van der Waals surface area contributed by atoms with Crippen molar-refractivity contribution < 1.29 is 4.79 Å². The smallest absolute Gasteiger partial charge is 0.220 e. The standard InChI is InChI=1S/C14H26ClNO/c1-2-3-4-9-14(17)16-11-13-8-6-5-7-12(13)10-15/h12-13H,2-11H2,1H3,(H,16,17). The quantitative estimate of drug-likeness (QED) is 0.548. The first kappa shape index (κ1) is 14.8. The maximum Gasteiger partial charge on any atom is 0.220 e. The van der Waals surface area contributed by atoms with E-state index < -0.39 is 0 Å². The molecule has 1 N–H and O–H groups in total. The molecule has 2 nitrogen and oxygen atoms in total. The van der Waals surface area contributed by atoms with Gasteiger partial charge < -0.3 is 5.32 Å². The van der Waals surface area contributed by atoms with Crippen molar-refractivity contribution in [3.05, 3.63) is 0 Å². The number of carbonyl (C=O) groups is 1. The van der Waals surface area contributed by atoms with Gasteiger partial charge in [0.2, 0.25) is 5.91 Å². The summed E-state index contributed by atoms with van der Waals surface area (Å²) >= 11 is 5.98. The molecule has 0 aliphatic heterocycles. The molecule has 0 aromatic heterocycles.